The van der Waals surface area contributed by atoms with Gasteiger partial charge in [-0.3, -0.25) is 0 Å². The van der Waals surface area contributed by atoms with Crippen molar-refractivity contribution in [2.75, 3.05) is 19.8 Å². The van der Waals surface area contributed by atoms with Crippen LogP contribution in [0.3, 0.4) is 0 Å². The molecule has 0 heterocycles. The Hall–Kier alpha value is 0.240. The third-order valence-electron chi connectivity index (χ3n) is 1.91. The summed E-state index contributed by atoms with van der Waals surface area (Å²) in [6, 6.07) is 0. The third-order valence-corrected chi connectivity index (χ3v) is 2.56. The van der Waals surface area contributed by atoms with Crippen LogP contribution in [0.15, 0.2) is 0 Å². The third kappa shape index (κ3) is 12.3. The van der Waals surface area contributed by atoms with Crippen LogP contribution in [0.5, 0.6) is 0 Å². The van der Waals surface area contributed by atoms with E-state index in [9.17, 15) is 9.59 Å². The Morgan fingerprint density at radius 1 is 1.04 bits per heavy atom. The van der Waals surface area contributed by atoms with Gasteiger partial charge in [0.2, 0.25) is 7.59 Å². The normalized spacial score (nSPS) is 13.2. The number of hydrazine groups is 1. The van der Waals surface area contributed by atoms with Gasteiger partial charge in [0.1, 0.15) is 13.2 Å². The molecule has 0 aliphatic carbocycles. The van der Waals surface area contributed by atoms with Gasteiger partial charge in [0.25, 0.3) is 0 Å². The zero-order valence-electron chi connectivity index (χ0n) is 12.0. The first-order chi connectivity index (χ1) is 10.4. The Morgan fingerprint density at radius 2 is 1.52 bits per heavy atom. The van der Waals surface area contributed by atoms with Crippen molar-refractivity contribution in [1.82, 2.24) is 10.4 Å². The van der Waals surface area contributed by atoms with E-state index in [0.29, 0.717) is 5.01 Å². The number of nitrogens with zero attached hydrogens (tertiary/aromatic N) is 1. The number of alkyl halides is 6. The van der Waals surface area contributed by atoms with Crippen LogP contribution in [0.1, 0.15) is 13.8 Å². The highest BCUT2D eigenvalue weighted by atomic mass is 35.6. The first-order valence-electron chi connectivity index (χ1n) is 6.00. The number of nitrogens with one attached hydrogen (secondary N) is 1. The fourth-order valence-electron chi connectivity index (χ4n) is 1.09. The molecule has 0 aliphatic heterocycles. The van der Waals surface area contributed by atoms with E-state index in [4.69, 9.17) is 79.1 Å². The topological polar surface area (TPSA) is 77.1 Å². The zero-order chi connectivity index (χ0) is 18.3. The van der Waals surface area contributed by atoms with Crippen LogP contribution in [-0.2, 0) is 14.2 Å². The van der Waals surface area contributed by atoms with Crippen molar-refractivity contribution in [2.24, 2.45) is 0 Å². The van der Waals surface area contributed by atoms with Crippen molar-refractivity contribution in [3.63, 3.8) is 0 Å². The van der Waals surface area contributed by atoms with E-state index >= 15 is 0 Å². The van der Waals surface area contributed by atoms with E-state index in [1.807, 2.05) is 0 Å². The second-order valence-electron chi connectivity index (χ2n) is 3.90. The van der Waals surface area contributed by atoms with Gasteiger partial charge in [-0.05, 0) is 13.8 Å². The number of carbonyl (C=O) groups is 2. The summed E-state index contributed by atoms with van der Waals surface area (Å²) >= 11 is 32.7. The van der Waals surface area contributed by atoms with E-state index in [2.05, 4.69) is 10.2 Å². The molecule has 0 aromatic carbocycles. The van der Waals surface area contributed by atoms with E-state index in [1.54, 1.807) is 6.92 Å². The summed E-state index contributed by atoms with van der Waals surface area (Å²) in [5.41, 5.74) is 2.08. The van der Waals surface area contributed by atoms with Crippen LogP contribution in [0.4, 0.5) is 9.59 Å². The van der Waals surface area contributed by atoms with Crippen LogP contribution in [0, 0.1) is 0 Å². The van der Waals surface area contributed by atoms with Crippen molar-refractivity contribution in [1.29, 1.82) is 0 Å². The Morgan fingerprint density at radius 3 is 1.96 bits per heavy atom. The van der Waals surface area contributed by atoms with Gasteiger partial charge in [-0.2, -0.15) is 5.01 Å². The van der Waals surface area contributed by atoms with Crippen molar-refractivity contribution in [3.05, 3.63) is 0 Å². The van der Waals surface area contributed by atoms with Gasteiger partial charge in [0.15, 0.2) is 6.23 Å². The molecule has 23 heavy (non-hydrogen) atoms. The highest BCUT2D eigenvalue weighted by Crippen LogP contribution is 2.27. The van der Waals surface area contributed by atoms with E-state index in [0.717, 1.165) is 0 Å². The molecule has 1 unspecified atom stereocenters. The Labute approximate surface area is 163 Å². The smallest absolute Gasteiger partial charge is 0.431 e. The van der Waals surface area contributed by atoms with Crippen molar-refractivity contribution < 1.29 is 23.8 Å². The molecule has 0 radical (unpaired) electrons. The van der Waals surface area contributed by atoms with Crippen LogP contribution >= 0.6 is 69.6 Å². The highest BCUT2D eigenvalue weighted by molar-refractivity contribution is 6.68. The van der Waals surface area contributed by atoms with Crippen LogP contribution in [0.25, 0.3) is 0 Å². The molecule has 0 saturated heterocycles. The fraction of sp³-hybridized carbons (Fsp3) is 0.800. The van der Waals surface area contributed by atoms with Gasteiger partial charge < -0.3 is 14.2 Å². The van der Waals surface area contributed by atoms with E-state index in [1.165, 1.54) is 6.92 Å². The number of amides is 2. The maximum atomic E-state index is 11.9. The quantitative estimate of drug-likeness (QED) is 0.383. The minimum Gasteiger partial charge on any atom is -0.444 e. The van der Waals surface area contributed by atoms with Gasteiger partial charge in [-0.15, -0.1) is 0 Å². The largest absolute Gasteiger partial charge is 0.444 e. The molecule has 0 spiro atoms. The molecule has 13 heteroatoms. The second kappa shape index (κ2) is 10.3. The summed E-state index contributed by atoms with van der Waals surface area (Å²) in [4.78, 5) is 23.6. The summed E-state index contributed by atoms with van der Waals surface area (Å²) in [6.07, 6.45) is -3.01. The molecule has 2 amide bonds. The Balaban J connectivity index is 4.74. The molecule has 0 bridgehead atoms. The molecule has 0 rings (SSSR count). The first-order valence-corrected chi connectivity index (χ1v) is 8.27. The van der Waals surface area contributed by atoms with E-state index in [-0.39, 0.29) is 6.61 Å². The molecule has 0 fully saturated rings. The lowest BCUT2D eigenvalue weighted by atomic mass is 10.6. The fourth-order valence-corrected chi connectivity index (χ4v) is 1.42. The van der Waals surface area contributed by atoms with Gasteiger partial charge in [-0.1, -0.05) is 69.6 Å². The molecule has 136 valence electrons. The van der Waals surface area contributed by atoms with Crippen LogP contribution in [0.2, 0.25) is 0 Å². The van der Waals surface area contributed by atoms with Gasteiger partial charge in [0, 0.05) is 6.61 Å². The van der Waals surface area contributed by atoms with E-state index < -0.39 is 39.2 Å². The summed E-state index contributed by atoms with van der Waals surface area (Å²) in [6.45, 7) is 2.32. The van der Waals surface area contributed by atoms with Gasteiger partial charge >= 0.3 is 12.2 Å². The maximum Gasteiger partial charge on any atom is 0.431 e. The Kier molecular flexibility index (Phi) is 10.4. The number of hydrogen-bond donors (Lipinski definition) is 1. The molecule has 7 nitrogen and oxygen atoms in total. The SMILES string of the molecule is CCOC(C)N(NC(=O)OCC(Cl)(Cl)Cl)C(=O)OCC(Cl)(Cl)Cl. The zero-order valence-corrected chi connectivity index (χ0v) is 16.5. The lowest BCUT2D eigenvalue weighted by molar-refractivity contribution is -0.0585. The molecule has 0 aromatic rings. The lowest BCUT2D eigenvalue weighted by Crippen LogP contribution is -2.52. The predicted molar refractivity (Wildman–Crippen MR) is 89.3 cm³/mol. The second-order valence-corrected chi connectivity index (χ2v) is 8.93. The molecule has 1 N–H and O–H groups in total. The molecular weight excluding hydrogens is 441 g/mol. The standard InChI is InChI=1S/C10H14Cl6N2O5/c1-3-21-6(2)18(8(20)23-5-10(14,15)16)17-7(19)22-4-9(11,12)13/h6H,3-5H2,1-2H3,(H,17,19). The first kappa shape index (κ1) is 23.2. The average Bonchev–Trinajstić information content (AvgIpc) is 2.38. The summed E-state index contributed by atoms with van der Waals surface area (Å²) in [5.74, 6) is 0. The van der Waals surface area contributed by atoms with Crippen molar-refractivity contribution in [3.8, 4) is 0 Å². The van der Waals surface area contributed by atoms with Gasteiger partial charge in [0.05, 0.1) is 0 Å². The van der Waals surface area contributed by atoms with Crippen molar-refractivity contribution >= 4 is 81.8 Å². The summed E-state index contributed by atoms with van der Waals surface area (Å²) in [7, 11) is 0. The lowest BCUT2D eigenvalue weighted by Gasteiger charge is -2.28. The Bertz CT molecular complexity index is 400. The molecule has 0 aromatic heterocycles. The number of carbonyl (C=O) groups excluding carboxylic acids is 2. The van der Waals surface area contributed by atoms with Crippen LogP contribution < -0.4 is 5.43 Å². The molecular formula is C10H14Cl6N2O5. The minimum atomic E-state index is -1.81. The molecule has 0 saturated carbocycles. The van der Waals surface area contributed by atoms with Crippen LogP contribution in [-0.4, -0.2) is 50.8 Å². The number of halogens is 6. The predicted octanol–water partition coefficient (Wildman–Crippen LogP) is 4.19. The average molecular weight is 455 g/mol. The highest BCUT2D eigenvalue weighted by Gasteiger charge is 2.30. The summed E-state index contributed by atoms with van der Waals surface area (Å²) < 4.78 is 10.9. The van der Waals surface area contributed by atoms with Crippen molar-refractivity contribution in [2.45, 2.75) is 27.7 Å². The minimum absolute atomic E-state index is 0.250. The molecule has 1 atom stereocenters. The number of ether oxygens (including phenoxy) is 3. The van der Waals surface area contributed by atoms with Gasteiger partial charge in [-0.25, -0.2) is 15.0 Å². The number of rotatable bonds is 5. The number of hydrogen-bond acceptors (Lipinski definition) is 5. The monoisotopic (exact) mass is 452 g/mol. The summed E-state index contributed by atoms with van der Waals surface area (Å²) in [5, 5.41) is 0.695. The maximum absolute atomic E-state index is 11.9. The molecule has 0 aliphatic rings.